The Bertz CT molecular complexity index is 1030. The van der Waals surface area contributed by atoms with E-state index in [4.69, 9.17) is 0 Å². The molecule has 3 fully saturated rings. The van der Waals surface area contributed by atoms with Crippen LogP contribution < -0.4 is 5.32 Å². The highest BCUT2D eigenvalue weighted by Crippen LogP contribution is 2.35. The van der Waals surface area contributed by atoms with Crippen LogP contribution >= 0.6 is 0 Å². The van der Waals surface area contributed by atoms with E-state index in [0.717, 1.165) is 13.1 Å². The minimum atomic E-state index is -3.90. The first-order chi connectivity index (χ1) is 16.2. The van der Waals surface area contributed by atoms with Gasteiger partial charge in [-0.25, -0.2) is 8.42 Å². The number of amides is 2. The zero-order chi connectivity index (χ0) is 24.5. The summed E-state index contributed by atoms with van der Waals surface area (Å²) in [6.07, 6.45) is 3.80. The van der Waals surface area contributed by atoms with E-state index in [-0.39, 0.29) is 41.4 Å². The van der Waals surface area contributed by atoms with Crippen molar-refractivity contribution < 1.29 is 22.8 Å². The number of piperazine rings is 1. The lowest BCUT2D eigenvalue weighted by Gasteiger charge is -2.31. The number of hydrogen-bond donors (Lipinski definition) is 1. The van der Waals surface area contributed by atoms with Crippen LogP contribution in [0, 0.1) is 11.8 Å². The second-order valence-electron chi connectivity index (χ2n) is 9.70. The zero-order valence-corrected chi connectivity index (χ0v) is 20.5. The van der Waals surface area contributed by atoms with Crippen LogP contribution in [-0.2, 0) is 24.4 Å². The lowest BCUT2D eigenvalue weighted by molar-refractivity contribution is -0.144. The molecule has 0 saturated carbocycles. The van der Waals surface area contributed by atoms with Crippen LogP contribution in [0.5, 0.6) is 0 Å². The first kappa shape index (κ1) is 24.7. The van der Waals surface area contributed by atoms with Crippen molar-refractivity contribution in [3.05, 3.63) is 24.5 Å². The van der Waals surface area contributed by atoms with Crippen LogP contribution in [0.2, 0.25) is 0 Å². The number of sulfonamides is 1. The van der Waals surface area contributed by atoms with Gasteiger partial charge in [0.25, 0.3) is 0 Å². The average Bonchev–Trinajstić information content (AvgIpc) is 3.40. The maximum Gasteiger partial charge on any atom is 0.245 e. The fourth-order valence-corrected chi connectivity index (χ4v) is 6.89. The number of nitrogens with zero attached hydrogens (tertiary/aromatic N) is 4. The van der Waals surface area contributed by atoms with Crippen molar-refractivity contribution in [1.82, 2.24) is 24.4 Å². The van der Waals surface area contributed by atoms with Crippen molar-refractivity contribution in [2.24, 2.45) is 11.8 Å². The van der Waals surface area contributed by atoms with Crippen LogP contribution in [0.3, 0.4) is 0 Å². The van der Waals surface area contributed by atoms with E-state index in [1.165, 1.54) is 27.7 Å². The number of carbonyl (C=O) groups excluding carboxylic acids is 3. The summed E-state index contributed by atoms with van der Waals surface area (Å²) in [6.45, 7) is 6.77. The fraction of sp³-hybridized carbons (Fsp3) is 0.652. The molecule has 3 unspecified atom stereocenters. The lowest BCUT2D eigenvalue weighted by Crippen LogP contribution is -2.49. The van der Waals surface area contributed by atoms with E-state index in [2.05, 4.69) is 10.3 Å². The smallest absolute Gasteiger partial charge is 0.245 e. The van der Waals surface area contributed by atoms with E-state index in [9.17, 15) is 22.8 Å². The fourth-order valence-electron chi connectivity index (χ4n) is 5.30. The van der Waals surface area contributed by atoms with E-state index in [1.807, 2.05) is 13.8 Å². The highest BCUT2D eigenvalue weighted by Gasteiger charge is 2.54. The Hall–Kier alpha value is -2.37. The van der Waals surface area contributed by atoms with Gasteiger partial charge >= 0.3 is 0 Å². The molecular formula is C23H33N5O5S. The molecule has 3 atom stereocenters. The summed E-state index contributed by atoms with van der Waals surface area (Å²) < 4.78 is 27.6. The minimum Gasteiger partial charge on any atom is -0.340 e. The third-order valence-corrected chi connectivity index (χ3v) is 8.75. The summed E-state index contributed by atoms with van der Waals surface area (Å²) in [4.78, 5) is 46.8. The van der Waals surface area contributed by atoms with Gasteiger partial charge in [-0.3, -0.25) is 19.4 Å². The third-order valence-electron chi connectivity index (χ3n) is 6.90. The van der Waals surface area contributed by atoms with Gasteiger partial charge in [0, 0.05) is 57.5 Å². The highest BCUT2D eigenvalue weighted by molar-refractivity contribution is 7.89. The lowest BCUT2D eigenvalue weighted by atomic mass is 9.91. The first-order valence-corrected chi connectivity index (χ1v) is 13.4. The number of likely N-dealkylation sites (tertiary alicyclic amines) is 1. The Kier molecular flexibility index (Phi) is 7.34. The van der Waals surface area contributed by atoms with Gasteiger partial charge in [0.2, 0.25) is 21.8 Å². The molecule has 11 heteroatoms. The molecule has 0 spiro atoms. The molecule has 1 N–H and O–H groups in total. The predicted octanol–water partition coefficient (Wildman–Crippen LogP) is 0.109. The average molecular weight is 492 g/mol. The Balaban J connectivity index is 1.51. The van der Waals surface area contributed by atoms with Crippen LogP contribution in [0.1, 0.15) is 33.1 Å². The molecule has 4 heterocycles. The molecule has 2 amide bonds. The molecule has 1 aromatic heterocycles. The molecule has 0 bridgehead atoms. The Morgan fingerprint density at radius 2 is 1.94 bits per heavy atom. The van der Waals surface area contributed by atoms with Crippen molar-refractivity contribution in [3.8, 4) is 0 Å². The molecule has 3 aliphatic heterocycles. The quantitative estimate of drug-likeness (QED) is 0.575. The molecule has 0 aromatic carbocycles. The van der Waals surface area contributed by atoms with Gasteiger partial charge in [-0.05, 0) is 30.9 Å². The maximum atomic E-state index is 13.6. The van der Waals surface area contributed by atoms with E-state index < -0.39 is 28.0 Å². The SMILES string of the molecule is CC(C)CC(CC(=O)N1CCNCC1)C(=O)N1CCC2C1C(=O)CN2S(=O)(=O)c1cccnc1. The molecule has 3 saturated heterocycles. The molecule has 4 rings (SSSR count). The molecule has 1 aromatic rings. The first-order valence-electron chi connectivity index (χ1n) is 11.9. The predicted molar refractivity (Wildman–Crippen MR) is 124 cm³/mol. The number of carbonyl (C=O) groups is 3. The maximum absolute atomic E-state index is 13.6. The molecule has 0 radical (unpaired) electrons. The Morgan fingerprint density at radius 3 is 2.59 bits per heavy atom. The van der Waals surface area contributed by atoms with E-state index in [1.54, 1.807) is 11.0 Å². The number of ketones is 1. The van der Waals surface area contributed by atoms with Crippen LogP contribution in [0.4, 0.5) is 0 Å². The Labute approximate surface area is 200 Å². The number of nitrogens with one attached hydrogen (secondary N) is 1. The molecule has 34 heavy (non-hydrogen) atoms. The zero-order valence-electron chi connectivity index (χ0n) is 19.7. The molecule has 186 valence electrons. The number of Topliss-reactive ketones (excluding diaryl/α,β-unsaturated/α-hetero) is 1. The summed E-state index contributed by atoms with van der Waals surface area (Å²) in [7, 11) is -3.90. The van der Waals surface area contributed by atoms with Crippen molar-refractivity contribution >= 4 is 27.6 Å². The van der Waals surface area contributed by atoms with Crippen LogP contribution in [0.25, 0.3) is 0 Å². The summed E-state index contributed by atoms with van der Waals surface area (Å²) in [6, 6.07) is 1.60. The summed E-state index contributed by atoms with van der Waals surface area (Å²) in [5, 5.41) is 3.22. The number of fused-ring (bicyclic) bond motifs is 1. The van der Waals surface area contributed by atoms with Gasteiger partial charge in [-0.2, -0.15) is 4.31 Å². The molecule has 10 nitrogen and oxygen atoms in total. The van der Waals surface area contributed by atoms with Gasteiger partial charge in [0.15, 0.2) is 5.78 Å². The highest BCUT2D eigenvalue weighted by atomic mass is 32.2. The van der Waals surface area contributed by atoms with Crippen LogP contribution in [0.15, 0.2) is 29.4 Å². The van der Waals surface area contributed by atoms with Gasteiger partial charge in [0.05, 0.1) is 12.6 Å². The van der Waals surface area contributed by atoms with Gasteiger partial charge < -0.3 is 15.1 Å². The van der Waals surface area contributed by atoms with E-state index >= 15 is 0 Å². The standard InChI is InChI=1S/C23H33N5O5S/c1-16(2)12-17(13-21(30)26-10-7-24-8-11-26)23(31)27-9-5-19-22(27)20(29)15-28(19)34(32,33)18-4-3-6-25-14-18/h3-4,6,14,16-17,19,22,24H,5,7-13,15H2,1-2H3. The van der Waals surface area contributed by atoms with Crippen molar-refractivity contribution in [2.45, 2.75) is 50.1 Å². The second kappa shape index (κ2) is 10.1. The largest absolute Gasteiger partial charge is 0.340 e. The van der Waals surface area contributed by atoms with Crippen molar-refractivity contribution in [2.75, 3.05) is 39.3 Å². The number of aromatic nitrogens is 1. The molecule has 3 aliphatic rings. The second-order valence-corrected chi connectivity index (χ2v) is 11.6. The van der Waals surface area contributed by atoms with Gasteiger partial charge in [0.1, 0.15) is 10.9 Å². The number of rotatable bonds is 7. The Morgan fingerprint density at radius 1 is 1.21 bits per heavy atom. The number of hydrogen-bond acceptors (Lipinski definition) is 7. The molecular weight excluding hydrogens is 458 g/mol. The van der Waals surface area contributed by atoms with E-state index in [0.29, 0.717) is 32.5 Å². The van der Waals surface area contributed by atoms with Gasteiger partial charge in [-0.15, -0.1) is 0 Å². The third kappa shape index (κ3) is 4.87. The molecule has 0 aliphatic carbocycles. The summed E-state index contributed by atoms with van der Waals surface area (Å²) in [5.74, 6) is -0.878. The van der Waals surface area contributed by atoms with Crippen molar-refractivity contribution in [3.63, 3.8) is 0 Å². The summed E-state index contributed by atoms with van der Waals surface area (Å²) >= 11 is 0. The minimum absolute atomic E-state index is 0.0347. The van der Waals surface area contributed by atoms with Gasteiger partial charge in [-0.1, -0.05) is 13.8 Å². The van der Waals surface area contributed by atoms with Crippen molar-refractivity contribution in [1.29, 1.82) is 0 Å². The monoisotopic (exact) mass is 491 g/mol. The summed E-state index contributed by atoms with van der Waals surface area (Å²) in [5.41, 5.74) is 0. The van der Waals surface area contributed by atoms with Crippen LogP contribution in [-0.4, -0.2) is 96.5 Å². The number of pyridine rings is 1. The normalized spacial score (nSPS) is 24.5. The topological polar surface area (TPSA) is 120 Å².